The van der Waals surface area contributed by atoms with E-state index in [2.05, 4.69) is 0 Å². The molecule has 2 atom stereocenters. The Hall–Kier alpha value is -1.40. The number of rotatable bonds is 4. The molecule has 6 heteroatoms. The molecule has 0 saturated heterocycles. The van der Waals surface area contributed by atoms with Crippen molar-refractivity contribution in [3.05, 3.63) is 29.8 Å². The highest BCUT2D eigenvalue weighted by atomic mass is 32.2. The molecule has 2 unspecified atom stereocenters. The molecule has 0 amide bonds. The van der Waals surface area contributed by atoms with Gasteiger partial charge in [0.15, 0.2) is 0 Å². The Morgan fingerprint density at radius 3 is 2.48 bits per heavy atom. The van der Waals surface area contributed by atoms with Crippen molar-refractivity contribution in [2.45, 2.75) is 43.6 Å². The zero-order valence-corrected chi connectivity index (χ0v) is 13.1. The molecule has 1 aromatic rings. The number of hydrogen-bond donors (Lipinski definition) is 0. The number of aryl methyl sites for hydroxylation is 1. The van der Waals surface area contributed by atoms with Crippen molar-refractivity contribution >= 4 is 16.1 Å². The SMILES string of the molecule is COC(=O)C1CCCC(OS(=O)(=O)c2ccc(C)cc2)C1. The average Bonchev–Trinajstić information content (AvgIpc) is 2.46. The minimum Gasteiger partial charge on any atom is -0.469 e. The minimum absolute atomic E-state index is 0.147. The fourth-order valence-electron chi connectivity index (χ4n) is 2.55. The standard InChI is InChI=1S/C15H20O5S/c1-11-6-8-14(9-7-11)21(17,18)20-13-5-3-4-12(10-13)15(16)19-2/h6-9,12-13H,3-5,10H2,1-2H3. The van der Waals surface area contributed by atoms with Crippen LogP contribution in [0.4, 0.5) is 0 Å². The molecule has 0 heterocycles. The van der Waals surface area contributed by atoms with Gasteiger partial charge in [-0.15, -0.1) is 0 Å². The number of ether oxygens (including phenoxy) is 1. The normalized spacial score (nSPS) is 22.8. The van der Waals surface area contributed by atoms with Gasteiger partial charge < -0.3 is 4.74 Å². The summed E-state index contributed by atoms with van der Waals surface area (Å²) in [5.41, 5.74) is 0.984. The fourth-order valence-corrected chi connectivity index (χ4v) is 3.67. The van der Waals surface area contributed by atoms with Crippen molar-refractivity contribution in [2.75, 3.05) is 7.11 Å². The molecule has 1 aliphatic rings. The molecule has 116 valence electrons. The Kier molecular flexibility index (Phi) is 5.00. The van der Waals surface area contributed by atoms with Crippen LogP contribution in [0.3, 0.4) is 0 Å². The maximum atomic E-state index is 12.2. The summed E-state index contributed by atoms with van der Waals surface area (Å²) in [5.74, 6) is -0.571. The number of carbonyl (C=O) groups is 1. The van der Waals surface area contributed by atoms with Crippen LogP contribution in [0.15, 0.2) is 29.2 Å². The topological polar surface area (TPSA) is 69.7 Å². The van der Waals surface area contributed by atoms with Crippen molar-refractivity contribution in [2.24, 2.45) is 5.92 Å². The molecule has 1 aliphatic carbocycles. The first-order valence-corrected chi connectivity index (χ1v) is 8.41. The van der Waals surface area contributed by atoms with Crippen LogP contribution >= 0.6 is 0 Å². The van der Waals surface area contributed by atoms with E-state index < -0.39 is 16.2 Å². The van der Waals surface area contributed by atoms with Crippen LogP contribution in [0.1, 0.15) is 31.2 Å². The first-order chi connectivity index (χ1) is 9.92. The second kappa shape index (κ2) is 6.58. The van der Waals surface area contributed by atoms with Gasteiger partial charge in [0, 0.05) is 0 Å². The van der Waals surface area contributed by atoms with Crippen LogP contribution in [-0.2, 0) is 23.8 Å². The Labute approximate surface area is 125 Å². The van der Waals surface area contributed by atoms with Gasteiger partial charge in [-0.25, -0.2) is 0 Å². The lowest BCUT2D eigenvalue weighted by Crippen LogP contribution is -2.30. The van der Waals surface area contributed by atoms with E-state index in [4.69, 9.17) is 8.92 Å². The fraction of sp³-hybridized carbons (Fsp3) is 0.533. The van der Waals surface area contributed by atoms with E-state index in [-0.39, 0.29) is 16.8 Å². The molecule has 1 aromatic carbocycles. The van der Waals surface area contributed by atoms with Crippen molar-refractivity contribution < 1.29 is 22.1 Å². The van der Waals surface area contributed by atoms with Crippen molar-refractivity contribution in [3.8, 4) is 0 Å². The molecule has 1 saturated carbocycles. The Morgan fingerprint density at radius 1 is 1.19 bits per heavy atom. The smallest absolute Gasteiger partial charge is 0.308 e. The third kappa shape index (κ3) is 4.04. The molecule has 0 aromatic heterocycles. The molecule has 1 fully saturated rings. The summed E-state index contributed by atoms with van der Waals surface area (Å²) in [4.78, 5) is 11.7. The first-order valence-electron chi connectivity index (χ1n) is 7.00. The van der Waals surface area contributed by atoms with Gasteiger partial charge in [0.05, 0.1) is 24.0 Å². The second-order valence-corrected chi connectivity index (χ2v) is 6.94. The highest BCUT2D eigenvalue weighted by molar-refractivity contribution is 7.86. The number of methoxy groups -OCH3 is 1. The highest BCUT2D eigenvalue weighted by Crippen LogP contribution is 2.29. The molecule has 21 heavy (non-hydrogen) atoms. The largest absolute Gasteiger partial charge is 0.469 e. The molecule has 0 bridgehead atoms. The van der Waals surface area contributed by atoms with Gasteiger partial charge in [-0.1, -0.05) is 17.7 Å². The van der Waals surface area contributed by atoms with Crippen LogP contribution in [0.5, 0.6) is 0 Å². The zero-order chi connectivity index (χ0) is 15.5. The third-order valence-electron chi connectivity index (χ3n) is 3.73. The molecule has 2 rings (SSSR count). The molecule has 0 spiro atoms. The average molecular weight is 312 g/mol. The minimum atomic E-state index is -3.78. The van der Waals surface area contributed by atoms with Crippen LogP contribution < -0.4 is 0 Å². The Morgan fingerprint density at radius 2 is 1.86 bits per heavy atom. The molecule has 0 aliphatic heterocycles. The highest BCUT2D eigenvalue weighted by Gasteiger charge is 2.31. The van der Waals surface area contributed by atoms with E-state index in [1.165, 1.54) is 19.2 Å². The Balaban J connectivity index is 2.06. The van der Waals surface area contributed by atoms with Gasteiger partial charge >= 0.3 is 5.97 Å². The van der Waals surface area contributed by atoms with Gasteiger partial charge in [0.1, 0.15) is 0 Å². The maximum Gasteiger partial charge on any atom is 0.308 e. The Bertz CT molecular complexity index is 591. The number of esters is 1. The van der Waals surface area contributed by atoms with Gasteiger partial charge in [-0.2, -0.15) is 8.42 Å². The maximum absolute atomic E-state index is 12.2. The predicted molar refractivity (Wildman–Crippen MR) is 77.2 cm³/mol. The van der Waals surface area contributed by atoms with E-state index in [9.17, 15) is 13.2 Å². The summed E-state index contributed by atoms with van der Waals surface area (Å²) in [6.07, 6.45) is 2.04. The monoisotopic (exact) mass is 312 g/mol. The summed E-state index contributed by atoms with van der Waals surface area (Å²) in [6.45, 7) is 1.89. The predicted octanol–water partition coefficient (Wildman–Crippen LogP) is 2.43. The summed E-state index contributed by atoms with van der Waals surface area (Å²) in [6, 6.07) is 6.53. The van der Waals surface area contributed by atoms with Crippen molar-refractivity contribution in [3.63, 3.8) is 0 Å². The number of carbonyl (C=O) groups excluding carboxylic acids is 1. The van der Waals surface area contributed by atoms with Crippen LogP contribution in [0.2, 0.25) is 0 Å². The molecule has 0 N–H and O–H groups in total. The van der Waals surface area contributed by atoms with Gasteiger partial charge in [-0.3, -0.25) is 8.98 Å². The van der Waals surface area contributed by atoms with Crippen LogP contribution in [-0.4, -0.2) is 27.6 Å². The van der Waals surface area contributed by atoms with E-state index >= 15 is 0 Å². The van der Waals surface area contributed by atoms with E-state index in [0.29, 0.717) is 12.8 Å². The van der Waals surface area contributed by atoms with E-state index in [1.54, 1.807) is 12.1 Å². The quantitative estimate of drug-likeness (QED) is 0.631. The van der Waals surface area contributed by atoms with Gasteiger partial charge in [0.25, 0.3) is 10.1 Å². The summed E-state index contributed by atoms with van der Waals surface area (Å²) in [5, 5.41) is 0. The summed E-state index contributed by atoms with van der Waals surface area (Å²) < 4.78 is 34.5. The number of benzene rings is 1. The molecular weight excluding hydrogens is 292 g/mol. The lowest BCUT2D eigenvalue weighted by atomic mass is 9.87. The van der Waals surface area contributed by atoms with E-state index in [1.807, 2.05) is 6.92 Å². The first kappa shape index (κ1) is 16.0. The summed E-state index contributed by atoms with van der Waals surface area (Å²) >= 11 is 0. The van der Waals surface area contributed by atoms with Gasteiger partial charge in [0.2, 0.25) is 0 Å². The zero-order valence-electron chi connectivity index (χ0n) is 12.2. The lowest BCUT2D eigenvalue weighted by molar-refractivity contribution is -0.147. The van der Waals surface area contributed by atoms with Crippen molar-refractivity contribution in [1.29, 1.82) is 0 Å². The van der Waals surface area contributed by atoms with Crippen LogP contribution in [0.25, 0.3) is 0 Å². The van der Waals surface area contributed by atoms with Gasteiger partial charge in [-0.05, 0) is 44.7 Å². The van der Waals surface area contributed by atoms with Crippen molar-refractivity contribution in [1.82, 2.24) is 0 Å². The van der Waals surface area contributed by atoms with E-state index in [0.717, 1.165) is 18.4 Å². The summed E-state index contributed by atoms with van der Waals surface area (Å²) in [7, 11) is -2.44. The molecular formula is C15H20O5S. The number of hydrogen-bond acceptors (Lipinski definition) is 5. The molecule has 5 nitrogen and oxygen atoms in total. The lowest BCUT2D eigenvalue weighted by Gasteiger charge is -2.26. The third-order valence-corrected chi connectivity index (χ3v) is 5.11. The molecule has 0 radical (unpaired) electrons. The van der Waals surface area contributed by atoms with Crippen LogP contribution in [0, 0.1) is 12.8 Å². The second-order valence-electron chi connectivity index (χ2n) is 5.37.